The Kier molecular flexibility index (Phi) is 4.87. The molecule has 2 N–H and O–H groups in total. The fourth-order valence-corrected chi connectivity index (χ4v) is 4.22. The van der Waals surface area contributed by atoms with Crippen molar-refractivity contribution in [2.45, 2.75) is 25.5 Å². The minimum Gasteiger partial charge on any atom is -0.388 e. The number of hydrogen-bond donors (Lipinski definition) is 2. The number of thioether (sulfide) groups is 1. The van der Waals surface area contributed by atoms with E-state index in [1.54, 1.807) is 0 Å². The van der Waals surface area contributed by atoms with Crippen molar-refractivity contribution in [2.24, 2.45) is 0 Å². The molecule has 0 amide bonds. The normalized spacial score (nSPS) is 21.2. The quantitative estimate of drug-likeness (QED) is 0.884. The Hall–Kier alpha value is -1.29. The molecule has 1 aliphatic rings. The highest BCUT2D eigenvalue weighted by molar-refractivity contribution is 7.99. The molecule has 1 aliphatic heterocycles. The second kappa shape index (κ2) is 6.86. The first-order valence-corrected chi connectivity index (χ1v) is 8.98. The summed E-state index contributed by atoms with van der Waals surface area (Å²) in [5.74, 6) is 1.92. The summed E-state index contributed by atoms with van der Waals surface area (Å²) in [6, 6.07) is 17.1. The Morgan fingerprint density at radius 3 is 2.82 bits per heavy atom. The van der Waals surface area contributed by atoms with Crippen molar-refractivity contribution in [3.63, 3.8) is 0 Å². The second-order valence-electron chi connectivity index (χ2n) is 6.15. The van der Waals surface area contributed by atoms with Crippen LogP contribution in [0.2, 0.25) is 0 Å². The van der Waals surface area contributed by atoms with Gasteiger partial charge in [0.2, 0.25) is 0 Å². The van der Waals surface area contributed by atoms with Gasteiger partial charge in [0, 0.05) is 18.8 Å². The molecule has 1 fully saturated rings. The summed E-state index contributed by atoms with van der Waals surface area (Å²) in [4.78, 5) is 0. The monoisotopic (exact) mass is 313 g/mol. The highest BCUT2D eigenvalue weighted by atomic mass is 32.2. The minimum atomic E-state index is -0.516. The smallest absolute Gasteiger partial charge is 0.0869 e. The SMILES string of the molecule is Cc1ccccc1-c1cccc(CNC[C@@]2(O)CCSC2)c1. The van der Waals surface area contributed by atoms with E-state index in [-0.39, 0.29) is 0 Å². The zero-order valence-corrected chi connectivity index (χ0v) is 13.8. The van der Waals surface area contributed by atoms with E-state index in [1.165, 1.54) is 22.3 Å². The number of benzene rings is 2. The molecule has 1 saturated heterocycles. The van der Waals surface area contributed by atoms with Gasteiger partial charge in [0.1, 0.15) is 0 Å². The lowest BCUT2D eigenvalue weighted by atomic mass is 9.99. The summed E-state index contributed by atoms with van der Waals surface area (Å²) >= 11 is 1.84. The van der Waals surface area contributed by atoms with Crippen LogP contribution in [-0.2, 0) is 6.54 Å². The number of aliphatic hydroxyl groups is 1. The molecule has 2 aromatic carbocycles. The van der Waals surface area contributed by atoms with Gasteiger partial charge in [-0.3, -0.25) is 0 Å². The largest absolute Gasteiger partial charge is 0.388 e. The molecular formula is C19H23NOS. The van der Waals surface area contributed by atoms with Crippen LogP contribution in [0.3, 0.4) is 0 Å². The molecule has 0 saturated carbocycles. The van der Waals surface area contributed by atoms with E-state index in [1.807, 2.05) is 11.8 Å². The van der Waals surface area contributed by atoms with Gasteiger partial charge in [-0.15, -0.1) is 0 Å². The Balaban J connectivity index is 1.65. The van der Waals surface area contributed by atoms with Crippen LogP contribution >= 0.6 is 11.8 Å². The lowest BCUT2D eigenvalue weighted by molar-refractivity contribution is 0.0675. The predicted molar refractivity (Wildman–Crippen MR) is 95.2 cm³/mol. The average molecular weight is 313 g/mol. The molecular weight excluding hydrogens is 290 g/mol. The Labute approximate surface area is 137 Å². The van der Waals surface area contributed by atoms with Gasteiger partial charge in [-0.2, -0.15) is 11.8 Å². The van der Waals surface area contributed by atoms with Crippen LogP contribution in [-0.4, -0.2) is 28.8 Å². The van der Waals surface area contributed by atoms with Gasteiger partial charge in [-0.25, -0.2) is 0 Å². The van der Waals surface area contributed by atoms with Gasteiger partial charge in [-0.1, -0.05) is 42.5 Å². The summed E-state index contributed by atoms with van der Waals surface area (Å²) in [6.45, 7) is 3.62. The molecule has 0 unspecified atom stereocenters. The van der Waals surface area contributed by atoms with Crippen molar-refractivity contribution in [3.8, 4) is 11.1 Å². The summed E-state index contributed by atoms with van der Waals surface area (Å²) in [5, 5.41) is 13.8. The van der Waals surface area contributed by atoms with Gasteiger partial charge in [-0.05, 0) is 47.4 Å². The Bertz CT molecular complexity index is 635. The average Bonchev–Trinajstić information content (AvgIpc) is 2.95. The van der Waals surface area contributed by atoms with Gasteiger partial charge in [0.25, 0.3) is 0 Å². The summed E-state index contributed by atoms with van der Waals surface area (Å²) < 4.78 is 0. The standard InChI is InChI=1S/C19H23NOS/c1-15-5-2-3-8-18(15)17-7-4-6-16(11-17)12-20-13-19(21)9-10-22-14-19/h2-8,11,20-21H,9-10,12-14H2,1H3/t19-/m0/s1. The van der Waals surface area contributed by atoms with E-state index >= 15 is 0 Å². The van der Waals surface area contributed by atoms with Gasteiger partial charge in [0.05, 0.1) is 5.60 Å². The van der Waals surface area contributed by atoms with Crippen LogP contribution in [0, 0.1) is 6.92 Å². The fraction of sp³-hybridized carbons (Fsp3) is 0.368. The third-order valence-corrected chi connectivity index (χ3v) is 5.48. The van der Waals surface area contributed by atoms with Crippen molar-refractivity contribution in [1.29, 1.82) is 0 Å². The second-order valence-corrected chi connectivity index (χ2v) is 7.25. The number of nitrogens with one attached hydrogen (secondary N) is 1. The van der Waals surface area contributed by atoms with E-state index in [0.29, 0.717) is 6.54 Å². The number of hydrogen-bond acceptors (Lipinski definition) is 3. The molecule has 2 nitrogen and oxygen atoms in total. The molecule has 116 valence electrons. The van der Waals surface area contributed by atoms with Crippen molar-refractivity contribution in [3.05, 3.63) is 59.7 Å². The van der Waals surface area contributed by atoms with Crippen LogP contribution in [0.15, 0.2) is 48.5 Å². The maximum absolute atomic E-state index is 10.4. The van der Waals surface area contributed by atoms with Gasteiger partial charge >= 0.3 is 0 Å². The van der Waals surface area contributed by atoms with E-state index in [2.05, 4.69) is 60.8 Å². The highest BCUT2D eigenvalue weighted by Gasteiger charge is 2.30. The third kappa shape index (κ3) is 3.72. The molecule has 0 aliphatic carbocycles. The van der Waals surface area contributed by atoms with Crippen LogP contribution in [0.1, 0.15) is 17.5 Å². The number of rotatable bonds is 5. The molecule has 3 rings (SSSR count). The topological polar surface area (TPSA) is 32.3 Å². The molecule has 2 aromatic rings. The first kappa shape index (κ1) is 15.6. The van der Waals surface area contributed by atoms with Gasteiger partial charge in [0.15, 0.2) is 0 Å². The summed E-state index contributed by atoms with van der Waals surface area (Å²) in [5.41, 5.74) is 4.58. The minimum absolute atomic E-state index is 0.516. The van der Waals surface area contributed by atoms with Crippen LogP contribution in [0.5, 0.6) is 0 Å². The Morgan fingerprint density at radius 1 is 1.18 bits per heavy atom. The molecule has 3 heteroatoms. The van der Waals surface area contributed by atoms with E-state index in [4.69, 9.17) is 0 Å². The van der Waals surface area contributed by atoms with E-state index in [0.717, 1.165) is 24.5 Å². The van der Waals surface area contributed by atoms with Crippen LogP contribution in [0.25, 0.3) is 11.1 Å². The van der Waals surface area contributed by atoms with Crippen molar-refractivity contribution < 1.29 is 5.11 Å². The molecule has 22 heavy (non-hydrogen) atoms. The molecule has 0 radical (unpaired) electrons. The van der Waals surface area contributed by atoms with E-state index in [9.17, 15) is 5.11 Å². The highest BCUT2D eigenvalue weighted by Crippen LogP contribution is 2.27. The first-order valence-electron chi connectivity index (χ1n) is 7.82. The summed E-state index contributed by atoms with van der Waals surface area (Å²) in [7, 11) is 0. The van der Waals surface area contributed by atoms with Crippen LogP contribution < -0.4 is 5.32 Å². The summed E-state index contributed by atoms with van der Waals surface area (Å²) in [6.07, 6.45) is 0.897. The molecule has 0 bridgehead atoms. The maximum atomic E-state index is 10.4. The van der Waals surface area contributed by atoms with Crippen molar-refractivity contribution >= 4 is 11.8 Å². The molecule has 0 aromatic heterocycles. The lowest BCUT2D eigenvalue weighted by Crippen LogP contribution is -2.40. The Morgan fingerprint density at radius 2 is 2.05 bits per heavy atom. The third-order valence-electron chi connectivity index (χ3n) is 4.25. The fourth-order valence-electron chi connectivity index (χ4n) is 2.92. The molecule has 0 spiro atoms. The van der Waals surface area contributed by atoms with E-state index < -0.39 is 5.60 Å². The van der Waals surface area contributed by atoms with Gasteiger partial charge < -0.3 is 10.4 Å². The van der Waals surface area contributed by atoms with Crippen molar-refractivity contribution in [2.75, 3.05) is 18.1 Å². The van der Waals surface area contributed by atoms with Crippen LogP contribution in [0.4, 0.5) is 0 Å². The number of aryl methyl sites for hydroxylation is 1. The van der Waals surface area contributed by atoms with Crippen molar-refractivity contribution in [1.82, 2.24) is 5.32 Å². The zero-order valence-electron chi connectivity index (χ0n) is 13.0. The molecule has 1 atom stereocenters. The zero-order chi connectivity index (χ0) is 15.4. The lowest BCUT2D eigenvalue weighted by Gasteiger charge is -2.21. The first-order chi connectivity index (χ1) is 10.7. The molecule has 1 heterocycles. The predicted octanol–water partition coefficient (Wildman–Crippen LogP) is 3.62. The maximum Gasteiger partial charge on any atom is 0.0869 e.